The summed E-state index contributed by atoms with van der Waals surface area (Å²) in [5.41, 5.74) is 2.33. The lowest BCUT2D eigenvalue weighted by Gasteiger charge is -2.23. The number of aryl methyl sites for hydroxylation is 2. The van der Waals surface area contributed by atoms with Crippen molar-refractivity contribution in [2.24, 2.45) is 0 Å². The smallest absolute Gasteiger partial charge is 0.0739 e. The Bertz CT molecular complexity index is 349. The molecule has 0 saturated heterocycles. The minimum absolute atomic E-state index is 0.521. The van der Waals surface area contributed by atoms with E-state index in [0.29, 0.717) is 6.04 Å². The molecule has 0 spiro atoms. The third kappa shape index (κ3) is 3.08. The summed E-state index contributed by atoms with van der Waals surface area (Å²) >= 11 is 7.13. The van der Waals surface area contributed by atoms with Crippen LogP contribution in [0.3, 0.4) is 0 Å². The maximum Gasteiger partial charge on any atom is 0.0739 e. The highest BCUT2D eigenvalue weighted by molar-refractivity contribution is 9.10. The van der Waals surface area contributed by atoms with E-state index in [1.807, 2.05) is 6.92 Å². The summed E-state index contributed by atoms with van der Waals surface area (Å²) in [7, 11) is 2.14. The molecule has 0 aliphatic heterocycles. The van der Waals surface area contributed by atoms with Gasteiger partial charge in [0.15, 0.2) is 0 Å². The van der Waals surface area contributed by atoms with E-state index >= 15 is 0 Å². The number of hydrogen-bond acceptors (Lipinski definition) is 2. The second-order valence-electron chi connectivity index (χ2n) is 4.08. The van der Waals surface area contributed by atoms with E-state index in [1.165, 1.54) is 5.69 Å². The molecule has 0 aliphatic carbocycles. The molecular weight excluding hydrogens is 334 g/mol. The molecule has 0 fully saturated rings. The van der Waals surface area contributed by atoms with Crippen LogP contribution in [0.2, 0.25) is 0 Å². The topological polar surface area (TPSA) is 21.1 Å². The van der Waals surface area contributed by atoms with Crippen molar-refractivity contribution in [2.45, 2.75) is 39.9 Å². The second kappa shape index (κ2) is 6.17. The van der Waals surface area contributed by atoms with Gasteiger partial charge >= 0.3 is 0 Å². The van der Waals surface area contributed by atoms with Crippen LogP contribution in [0.1, 0.15) is 25.2 Å². The third-order valence-corrected chi connectivity index (χ3v) is 4.80. The van der Waals surface area contributed by atoms with Gasteiger partial charge in [-0.3, -0.25) is 9.58 Å². The first-order valence-electron chi connectivity index (χ1n) is 5.49. The number of nitrogens with zero attached hydrogens (tertiary/aromatic N) is 3. The van der Waals surface area contributed by atoms with Gasteiger partial charge in [0.1, 0.15) is 0 Å². The number of aromatic nitrogens is 2. The summed E-state index contributed by atoms with van der Waals surface area (Å²) in [6.45, 7) is 8.20. The van der Waals surface area contributed by atoms with Crippen LogP contribution in [0, 0.1) is 6.92 Å². The van der Waals surface area contributed by atoms with Crippen LogP contribution in [0.5, 0.6) is 0 Å². The van der Waals surface area contributed by atoms with Gasteiger partial charge < -0.3 is 0 Å². The molecule has 1 aromatic heterocycles. The summed E-state index contributed by atoms with van der Waals surface area (Å²) in [5.74, 6) is 0. The summed E-state index contributed by atoms with van der Waals surface area (Å²) in [4.78, 5) is 2.32. The SMILES string of the molecule is CCn1nc(C)c(Br)c1CN(C)C(C)CBr. The van der Waals surface area contributed by atoms with Crippen molar-refractivity contribution < 1.29 is 0 Å². The van der Waals surface area contributed by atoms with E-state index in [9.17, 15) is 0 Å². The Morgan fingerprint density at radius 1 is 1.50 bits per heavy atom. The van der Waals surface area contributed by atoms with E-state index in [0.717, 1.165) is 28.6 Å². The quantitative estimate of drug-likeness (QED) is 0.759. The Morgan fingerprint density at radius 3 is 2.62 bits per heavy atom. The van der Waals surface area contributed by atoms with Crippen molar-refractivity contribution in [1.29, 1.82) is 0 Å². The molecule has 92 valence electrons. The molecule has 5 heteroatoms. The Labute approximate surface area is 114 Å². The first-order chi connectivity index (χ1) is 7.51. The van der Waals surface area contributed by atoms with Crippen LogP contribution >= 0.6 is 31.9 Å². The Morgan fingerprint density at radius 2 is 2.12 bits per heavy atom. The number of rotatable bonds is 5. The van der Waals surface area contributed by atoms with Crippen LogP contribution in [-0.2, 0) is 13.1 Å². The van der Waals surface area contributed by atoms with Crippen molar-refractivity contribution in [2.75, 3.05) is 12.4 Å². The van der Waals surface area contributed by atoms with Crippen LogP contribution in [-0.4, -0.2) is 33.1 Å². The van der Waals surface area contributed by atoms with Gasteiger partial charge in [-0.15, -0.1) is 0 Å². The van der Waals surface area contributed by atoms with E-state index in [4.69, 9.17) is 0 Å². The van der Waals surface area contributed by atoms with Crippen molar-refractivity contribution in [3.8, 4) is 0 Å². The van der Waals surface area contributed by atoms with Gasteiger partial charge in [-0.2, -0.15) is 5.10 Å². The minimum Gasteiger partial charge on any atom is -0.297 e. The molecule has 1 heterocycles. The van der Waals surface area contributed by atoms with Gasteiger partial charge in [-0.1, -0.05) is 15.9 Å². The van der Waals surface area contributed by atoms with Crippen LogP contribution in [0.25, 0.3) is 0 Å². The second-order valence-corrected chi connectivity index (χ2v) is 5.52. The maximum absolute atomic E-state index is 4.50. The lowest BCUT2D eigenvalue weighted by Crippen LogP contribution is -2.30. The summed E-state index contributed by atoms with van der Waals surface area (Å²) in [5, 5.41) is 5.48. The average molecular weight is 353 g/mol. The van der Waals surface area contributed by atoms with Crippen LogP contribution < -0.4 is 0 Å². The van der Waals surface area contributed by atoms with Crippen molar-refractivity contribution >= 4 is 31.9 Å². The van der Waals surface area contributed by atoms with E-state index in [2.05, 4.69) is 67.4 Å². The van der Waals surface area contributed by atoms with Crippen molar-refractivity contribution in [1.82, 2.24) is 14.7 Å². The molecule has 3 nitrogen and oxygen atoms in total. The molecule has 0 aliphatic rings. The van der Waals surface area contributed by atoms with Gasteiger partial charge in [0.05, 0.1) is 15.9 Å². The lowest BCUT2D eigenvalue weighted by atomic mass is 10.3. The fourth-order valence-corrected chi connectivity index (χ4v) is 2.43. The average Bonchev–Trinajstić information content (AvgIpc) is 2.55. The predicted octanol–water partition coefficient (Wildman–Crippen LogP) is 3.19. The van der Waals surface area contributed by atoms with Crippen molar-refractivity contribution in [3.63, 3.8) is 0 Å². The lowest BCUT2D eigenvalue weighted by molar-refractivity contribution is 0.261. The van der Waals surface area contributed by atoms with Gasteiger partial charge in [-0.25, -0.2) is 0 Å². The highest BCUT2D eigenvalue weighted by atomic mass is 79.9. The molecule has 0 bridgehead atoms. The zero-order valence-electron chi connectivity index (χ0n) is 10.3. The molecule has 16 heavy (non-hydrogen) atoms. The minimum atomic E-state index is 0.521. The summed E-state index contributed by atoms with van der Waals surface area (Å²) in [6.07, 6.45) is 0. The maximum atomic E-state index is 4.50. The van der Waals surface area contributed by atoms with Crippen molar-refractivity contribution in [3.05, 3.63) is 15.9 Å². The van der Waals surface area contributed by atoms with Gasteiger partial charge in [-0.05, 0) is 43.7 Å². The molecule has 0 radical (unpaired) electrons. The molecule has 0 N–H and O–H groups in total. The van der Waals surface area contributed by atoms with Gasteiger partial charge in [0.2, 0.25) is 0 Å². The first kappa shape index (κ1) is 14.2. The molecule has 0 saturated carbocycles. The molecule has 0 aromatic carbocycles. The van der Waals surface area contributed by atoms with E-state index in [1.54, 1.807) is 0 Å². The predicted molar refractivity (Wildman–Crippen MR) is 75.1 cm³/mol. The number of halogens is 2. The van der Waals surface area contributed by atoms with Crippen LogP contribution in [0.15, 0.2) is 4.47 Å². The Hall–Kier alpha value is 0.130. The van der Waals surface area contributed by atoms with Crippen LogP contribution in [0.4, 0.5) is 0 Å². The number of alkyl halides is 1. The number of hydrogen-bond donors (Lipinski definition) is 0. The highest BCUT2D eigenvalue weighted by Crippen LogP contribution is 2.22. The third-order valence-electron chi connectivity index (χ3n) is 2.83. The largest absolute Gasteiger partial charge is 0.297 e. The summed E-state index contributed by atoms with van der Waals surface area (Å²) in [6, 6.07) is 0.521. The molecule has 1 rings (SSSR count). The standard InChI is InChI=1S/C11H19Br2N3/c1-5-16-10(11(13)9(3)14-16)7-15(4)8(2)6-12/h8H,5-7H2,1-4H3. The first-order valence-corrected chi connectivity index (χ1v) is 7.40. The Balaban J connectivity index is 2.87. The monoisotopic (exact) mass is 351 g/mol. The molecule has 1 aromatic rings. The molecule has 1 atom stereocenters. The Kier molecular flexibility index (Phi) is 5.47. The molecular formula is C11H19Br2N3. The fraction of sp³-hybridized carbons (Fsp3) is 0.727. The highest BCUT2D eigenvalue weighted by Gasteiger charge is 2.16. The molecule has 0 amide bonds. The zero-order valence-corrected chi connectivity index (χ0v) is 13.5. The normalized spacial score (nSPS) is 13.4. The molecule has 1 unspecified atom stereocenters. The summed E-state index contributed by atoms with van der Waals surface area (Å²) < 4.78 is 3.21. The van der Waals surface area contributed by atoms with E-state index in [-0.39, 0.29) is 0 Å². The van der Waals surface area contributed by atoms with Gasteiger partial charge in [0.25, 0.3) is 0 Å². The van der Waals surface area contributed by atoms with Gasteiger partial charge in [0, 0.05) is 24.5 Å². The fourth-order valence-electron chi connectivity index (χ4n) is 1.53. The van der Waals surface area contributed by atoms with E-state index < -0.39 is 0 Å². The zero-order chi connectivity index (χ0) is 12.3.